The van der Waals surface area contributed by atoms with E-state index in [2.05, 4.69) is 17.4 Å². The Morgan fingerprint density at radius 1 is 1.28 bits per heavy atom. The van der Waals surface area contributed by atoms with Crippen molar-refractivity contribution in [3.8, 4) is 11.4 Å². The lowest BCUT2D eigenvalue weighted by Crippen LogP contribution is -2.35. The van der Waals surface area contributed by atoms with E-state index in [1.807, 2.05) is 42.1 Å². The Kier molecular flexibility index (Phi) is 5.76. The van der Waals surface area contributed by atoms with Crippen LogP contribution in [0.1, 0.15) is 38.7 Å². The molecular weight excluding hydrogens is 386 g/mol. The van der Waals surface area contributed by atoms with Crippen LogP contribution in [0.4, 0.5) is 0 Å². The highest BCUT2D eigenvalue weighted by molar-refractivity contribution is 6.35. The van der Waals surface area contributed by atoms with E-state index < -0.39 is 0 Å². The lowest BCUT2D eigenvalue weighted by molar-refractivity contribution is -0.119. The number of benzene rings is 2. The van der Waals surface area contributed by atoms with Gasteiger partial charge in [-0.25, -0.2) is 4.68 Å². The van der Waals surface area contributed by atoms with E-state index in [1.165, 1.54) is 31.7 Å². The van der Waals surface area contributed by atoms with E-state index in [9.17, 15) is 4.79 Å². The number of nitrogens with zero attached hydrogens (tertiary/aromatic N) is 2. The van der Waals surface area contributed by atoms with Gasteiger partial charge >= 0.3 is 0 Å². The van der Waals surface area contributed by atoms with Crippen LogP contribution in [0.5, 0.6) is 5.75 Å². The Bertz CT molecular complexity index is 1010. The van der Waals surface area contributed by atoms with E-state index in [1.54, 1.807) is 0 Å². The van der Waals surface area contributed by atoms with Crippen LogP contribution >= 0.6 is 11.6 Å². The number of carbonyl (C=O) groups is 1. The van der Waals surface area contributed by atoms with Gasteiger partial charge in [-0.2, -0.15) is 5.10 Å². The second-order valence-electron chi connectivity index (χ2n) is 7.94. The average molecular weight is 412 g/mol. The minimum Gasteiger partial charge on any atom is -0.491 e. The van der Waals surface area contributed by atoms with Gasteiger partial charge in [0.15, 0.2) is 0 Å². The summed E-state index contributed by atoms with van der Waals surface area (Å²) in [5, 5.41) is 9.33. The molecule has 0 aliphatic heterocycles. The zero-order valence-corrected chi connectivity index (χ0v) is 17.6. The maximum absolute atomic E-state index is 11.1. The van der Waals surface area contributed by atoms with Gasteiger partial charge < -0.3 is 10.1 Å². The topological polar surface area (TPSA) is 56.1 Å². The largest absolute Gasteiger partial charge is 0.491 e. The molecule has 1 aliphatic rings. The first-order chi connectivity index (χ1) is 14.0. The molecule has 1 saturated carbocycles. The van der Waals surface area contributed by atoms with E-state index >= 15 is 0 Å². The first-order valence-corrected chi connectivity index (χ1v) is 10.5. The van der Waals surface area contributed by atoms with Gasteiger partial charge in [0.25, 0.3) is 0 Å². The van der Waals surface area contributed by atoms with Gasteiger partial charge in [-0.3, -0.25) is 4.79 Å². The van der Waals surface area contributed by atoms with Crippen molar-refractivity contribution in [1.82, 2.24) is 15.1 Å². The molecule has 29 heavy (non-hydrogen) atoms. The molecular formula is C23H26ClN3O2. The van der Waals surface area contributed by atoms with Gasteiger partial charge in [0.05, 0.1) is 16.8 Å². The molecule has 1 heterocycles. The highest BCUT2D eigenvalue weighted by Crippen LogP contribution is 2.35. The minimum absolute atomic E-state index is 0.0418. The van der Waals surface area contributed by atoms with E-state index in [-0.39, 0.29) is 11.9 Å². The third-order valence-corrected chi connectivity index (χ3v) is 5.69. The molecule has 2 aromatic carbocycles. The van der Waals surface area contributed by atoms with Gasteiger partial charge in [-0.1, -0.05) is 36.6 Å². The molecule has 1 N–H and O–H groups in total. The number of nitrogens with one attached hydrogen (secondary N) is 1. The van der Waals surface area contributed by atoms with Crippen molar-refractivity contribution in [2.24, 2.45) is 5.92 Å². The van der Waals surface area contributed by atoms with Gasteiger partial charge in [0.1, 0.15) is 17.9 Å². The van der Waals surface area contributed by atoms with Crippen molar-refractivity contribution in [1.29, 1.82) is 0 Å². The smallest absolute Gasteiger partial charge is 0.217 e. The lowest BCUT2D eigenvalue weighted by Gasteiger charge is -2.14. The number of amides is 1. The van der Waals surface area contributed by atoms with Crippen molar-refractivity contribution in [2.75, 3.05) is 6.61 Å². The summed E-state index contributed by atoms with van der Waals surface area (Å²) in [6.07, 6.45) is 6.96. The number of hydrogen-bond donors (Lipinski definition) is 1. The standard InChI is InChI=1S/C23H26ClN3O2/c1-15(25-16(2)28)14-29-21-11-9-20(10-12-21)27-13-19-8-7-18(6-5-17-3-4-17)22(24)23(19)26-27/h7-13,15,17H,3-6,14H2,1-2H3,(H,25,28)/t15-/m0/s1. The summed E-state index contributed by atoms with van der Waals surface area (Å²) in [5.41, 5.74) is 2.98. The molecule has 1 fully saturated rings. The molecule has 1 atom stereocenters. The molecule has 0 bridgehead atoms. The molecule has 0 saturated heterocycles. The van der Waals surface area contributed by atoms with Crippen LogP contribution in [-0.4, -0.2) is 28.3 Å². The van der Waals surface area contributed by atoms with Crippen LogP contribution in [0.15, 0.2) is 42.6 Å². The molecule has 1 amide bonds. The van der Waals surface area contributed by atoms with Crippen LogP contribution in [0.2, 0.25) is 5.02 Å². The quantitative estimate of drug-likeness (QED) is 0.572. The number of hydrogen-bond acceptors (Lipinski definition) is 3. The van der Waals surface area contributed by atoms with Gasteiger partial charge in [-0.15, -0.1) is 0 Å². The molecule has 0 unspecified atom stereocenters. The average Bonchev–Trinajstić information content (AvgIpc) is 3.42. The number of aryl methyl sites for hydroxylation is 1. The number of ether oxygens (including phenoxy) is 1. The third-order valence-electron chi connectivity index (χ3n) is 5.27. The van der Waals surface area contributed by atoms with Gasteiger partial charge in [0.2, 0.25) is 5.91 Å². The van der Waals surface area contributed by atoms with Crippen molar-refractivity contribution >= 4 is 28.4 Å². The fourth-order valence-electron chi connectivity index (χ4n) is 3.49. The SMILES string of the molecule is CC(=O)N[C@@H](C)COc1ccc(-n2cc3ccc(CCC4CC4)c(Cl)c3n2)cc1. The summed E-state index contributed by atoms with van der Waals surface area (Å²) in [6.45, 7) is 3.83. The second kappa shape index (κ2) is 8.46. The maximum Gasteiger partial charge on any atom is 0.217 e. The Morgan fingerprint density at radius 2 is 2.03 bits per heavy atom. The first kappa shape index (κ1) is 19.8. The third kappa shape index (κ3) is 4.91. The lowest BCUT2D eigenvalue weighted by atomic mass is 10.1. The fraction of sp³-hybridized carbons (Fsp3) is 0.391. The molecule has 152 valence electrons. The number of halogens is 1. The number of carbonyl (C=O) groups excluding carboxylic acids is 1. The molecule has 0 spiro atoms. The zero-order chi connectivity index (χ0) is 20.4. The number of fused-ring (bicyclic) bond motifs is 1. The molecule has 0 radical (unpaired) electrons. The first-order valence-electron chi connectivity index (χ1n) is 10.2. The van der Waals surface area contributed by atoms with Crippen molar-refractivity contribution in [3.63, 3.8) is 0 Å². The van der Waals surface area contributed by atoms with Gasteiger partial charge in [-0.05, 0) is 55.5 Å². The molecule has 3 aromatic rings. The Labute approximate surface area is 176 Å². The van der Waals surface area contributed by atoms with Gasteiger partial charge in [0, 0.05) is 18.5 Å². The monoisotopic (exact) mass is 411 g/mol. The molecule has 5 nitrogen and oxygen atoms in total. The van der Waals surface area contributed by atoms with Crippen molar-refractivity contribution in [2.45, 2.75) is 45.6 Å². The van der Waals surface area contributed by atoms with Crippen LogP contribution in [0, 0.1) is 5.92 Å². The van der Waals surface area contributed by atoms with Crippen LogP contribution in [0.3, 0.4) is 0 Å². The van der Waals surface area contributed by atoms with E-state index in [0.29, 0.717) is 6.61 Å². The van der Waals surface area contributed by atoms with Crippen LogP contribution < -0.4 is 10.1 Å². The second-order valence-corrected chi connectivity index (χ2v) is 8.32. The summed E-state index contributed by atoms with van der Waals surface area (Å²) in [7, 11) is 0. The molecule has 1 aliphatic carbocycles. The predicted octanol–water partition coefficient (Wildman–Crippen LogP) is 4.92. The number of aromatic nitrogens is 2. The summed E-state index contributed by atoms with van der Waals surface area (Å²) >= 11 is 6.65. The molecule has 4 rings (SSSR count). The van der Waals surface area contributed by atoms with E-state index in [0.717, 1.165) is 39.7 Å². The minimum atomic E-state index is -0.0587. The summed E-state index contributed by atoms with van der Waals surface area (Å²) < 4.78 is 7.59. The Morgan fingerprint density at radius 3 is 2.72 bits per heavy atom. The summed E-state index contributed by atoms with van der Waals surface area (Å²) in [5.74, 6) is 1.58. The Hall–Kier alpha value is -2.53. The predicted molar refractivity (Wildman–Crippen MR) is 116 cm³/mol. The highest BCUT2D eigenvalue weighted by Gasteiger charge is 2.21. The van der Waals surface area contributed by atoms with Crippen molar-refractivity contribution < 1.29 is 9.53 Å². The molecule has 1 aromatic heterocycles. The van der Waals surface area contributed by atoms with Crippen molar-refractivity contribution in [3.05, 3.63) is 53.2 Å². The van der Waals surface area contributed by atoms with Crippen LogP contribution in [0.25, 0.3) is 16.6 Å². The normalized spacial score (nSPS) is 14.7. The highest BCUT2D eigenvalue weighted by atomic mass is 35.5. The maximum atomic E-state index is 11.1. The fourth-order valence-corrected chi connectivity index (χ4v) is 3.80. The zero-order valence-electron chi connectivity index (χ0n) is 16.8. The van der Waals surface area contributed by atoms with Crippen LogP contribution in [-0.2, 0) is 11.2 Å². The number of rotatable bonds is 8. The molecule has 6 heteroatoms. The van der Waals surface area contributed by atoms with E-state index in [4.69, 9.17) is 21.4 Å². The summed E-state index contributed by atoms with van der Waals surface area (Å²) in [6, 6.07) is 11.9. The summed E-state index contributed by atoms with van der Waals surface area (Å²) in [4.78, 5) is 11.1. The Balaban J connectivity index is 1.46.